The van der Waals surface area contributed by atoms with Gasteiger partial charge >= 0.3 is 0 Å². The first-order valence-corrected chi connectivity index (χ1v) is 8.40. The van der Waals surface area contributed by atoms with Crippen molar-refractivity contribution in [1.82, 2.24) is 15.0 Å². The van der Waals surface area contributed by atoms with Crippen molar-refractivity contribution in [2.24, 2.45) is 0 Å². The smallest absolute Gasteiger partial charge is 0.248 e. The molecule has 128 valence electrons. The third-order valence-corrected chi connectivity index (χ3v) is 4.49. The van der Waals surface area contributed by atoms with Crippen LogP contribution in [0.3, 0.4) is 0 Å². The molecule has 0 radical (unpaired) electrons. The number of benzene rings is 1. The number of carbonyl (C=O) groups is 1. The summed E-state index contributed by atoms with van der Waals surface area (Å²) in [5.74, 6) is 1.34. The lowest BCUT2D eigenvalue weighted by Crippen LogP contribution is -2.41. The van der Waals surface area contributed by atoms with E-state index in [0.29, 0.717) is 29.9 Å². The molecule has 0 bridgehead atoms. The summed E-state index contributed by atoms with van der Waals surface area (Å²) >= 11 is 6.08. The molecule has 1 aromatic carbocycles. The van der Waals surface area contributed by atoms with E-state index in [1.807, 2.05) is 29.2 Å². The van der Waals surface area contributed by atoms with Gasteiger partial charge in [-0.05, 0) is 24.5 Å². The maximum absolute atomic E-state index is 12.4. The molecule has 1 amide bonds. The fraction of sp³-hybridized carbons (Fsp3) is 0.471. The van der Waals surface area contributed by atoms with Gasteiger partial charge in [0.05, 0.1) is 6.61 Å². The highest BCUT2D eigenvalue weighted by Crippen LogP contribution is 2.25. The number of piperidine rings is 1. The fourth-order valence-corrected chi connectivity index (χ4v) is 3.04. The first kappa shape index (κ1) is 16.9. The number of halogens is 1. The average Bonchev–Trinajstić information content (AvgIpc) is 3.03. The quantitative estimate of drug-likeness (QED) is 0.830. The molecule has 7 heteroatoms. The molecule has 3 rings (SSSR count). The van der Waals surface area contributed by atoms with Crippen LogP contribution in [0.2, 0.25) is 5.02 Å². The number of hydrogen-bond acceptors (Lipinski definition) is 5. The van der Waals surface area contributed by atoms with Gasteiger partial charge in [0.15, 0.2) is 5.82 Å². The van der Waals surface area contributed by atoms with Crippen molar-refractivity contribution in [3.8, 4) is 0 Å². The normalized spacial score (nSPS) is 17.9. The van der Waals surface area contributed by atoms with Gasteiger partial charge in [-0.1, -0.05) is 35.0 Å². The van der Waals surface area contributed by atoms with Crippen molar-refractivity contribution >= 4 is 17.5 Å². The van der Waals surface area contributed by atoms with Gasteiger partial charge in [0.2, 0.25) is 11.8 Å². The minimum absolute atomic E-state index is 0.0213. The third-order valence-electron chi connectivity index (χ3n) is 4.12. The third kappa shape index (κ3) is 4.13. The van der Waals surface area contributed by atoms with Crippen LogP contribution in [-0.4, -0.2) is 40.6 Å². The lowest BCUT2D eigenvalue weighted by Gasteiger charge is -2.31. The average molecular weight is 350 g/mol. The maximum atomic E-state index is 12.4. The molecule has 1 fully saturated rings. The van der Waals surface area contributed by atoms with Crippen LogP contribution in [-0.2, 0) is 16.1 Å². The molecule has 0 saturated carbocycles. The predicted molar refractivity (Wildman–Crippen MR) is 88.7 cm³/mol. The highest BCUT2D eigenvalue weighted by molar-refractivity contribution is 6.31. The summed E-state index contributed by atoms with van der Waals surface area (Å²) < 4.78 is 10.6. The molecule has 1 saturated heterocycles. The van der Waals surface area contributed by atoms with E-state index >= 15 is 0 Å². The summed E-state index contributed by atoms with van der Waals surface area (Å²) in [5.41, 5.74) is 0.880. The van der Waals surface area contributed by atoms with E-state index < -0.39 is 0 Å². The van der Waals surface area contributed by atoms with Gasteiger partial charge in [-0.3, -0.25) is 4.79 Å². The molecular weight excluding hydrogens is 330 g/mol. The Morgan fingerprint density at radius 2 is 2.29 bits per heavy atom. The van der Waals surface area contributed by atoms with Crippen molar-refractivity contribution in [3.63, 3.8) is 0 Å². The lowest BCUT2D eigenvalue weighted by atomic mass is 9.97. The van der Waals surface area contributed by atoms with Crippen LogP contribution in [0.5, 0.6) is 0 Å². The molecule has 0 unspecified atom stereocenters. The van der Waals surface area contributed by atoms with E-state index in [1.54, 1.807) is 6.92 Å². The molecule has 2 heterocycles. The molecular formula is C17H20ClN3O3. The van der Waals surface area contributed by atoms with Gasteiger partial charge in [0.1, 0.15) is 6.61 Å². The molecule has 1 aromatic heterocycles. The molecule has 2 aromatic rings. The number of ether oxygens (including phenoxy) is 1. The second-order valence-corrected chi connectivity index (χ2v) is 6.34. The van der Waals surface area contributed by atoms with Crippen molar-refractivity contribution in [1.29, 1.82) is 0 Å². The zero-order valence-electron chi connectivity index (χ0n) is 13.6. The Kier molecular flexibility index (Phi) is 5.48. The summed E-state index contributed by atoms with van der Waals surface area (Å²) in [7, 11) is 0. The minimum atomic E-state index is -0.0213. The van der Waals surface area contributed by atoms with Crippen molar-refractivity contribution in [3.05, 3.63) is 46.6 Å². The number of rotatable bonds is 5. The Hall–Kier alpha value is -1.92. The van der Waals surface area contributed by atoms with Crippen molar-refractivity contribution in [2.45, 2.75) is 32.3 Å². The van der Waals surface area contributed by atoms with Gasteiger partial charge in [0.25, 0.3) is 0 Å². The van der Waals surface area contributed by atoms with E-state index in [0.717, 1.165) is 24.9 Å². The topological polar surface area (TPSA) is 68.5 Å². The van der Waals surface area contributed by atoms with Crippen LogP contribution < -0.4 is 0 Å². The molecule has 0 spiro atoms. The second-order valence-electron chi connectivity index (χ2n) is 5.93. The number of aromatic nitrogens is 2. The van der Waals surface area contributed by atoms with Gasteiger partial charge in [-0.15, -0.1) is 0 Å². The van der Waals surface area contributed by atoms with E-state index in [4.69, 9.17) is 20.9 Å². The maximum Gasteiger partial charge on any atom is 0.248 e. The number of likely N-dealkylation sites (tertiary alicyclic amines) is 1. The van der Waals surface area contributed by atoms with Gasteiger partial charge in [-0.2, -0.15) is 4.98 Å². The van der Waals surface area contributed by atoms with Gasteiger partial charge in [0, 0.05) is 31.0 Å². The first-order valence-electron chi connectivity index (χ1n) is 8.02. The van der Waals surface area contributed by atoms with E-state index in [1.165, 1.54) is 0 Å². The van der Waals surface area contributed by atoms with Crippen LogP contribution in [0.1, 0.15) is 36.0 Å². The number of nitrogens with zero attached hydrogens (tertiary/aromatic N) is 3. The Bertz CT molecular complexity index is 704. The Labute approximate surface area is 145 Å². The first-order chi connectivity index (χ1) is 11.6. The highest BCUT2D eigenvalue weighted by Gasteiger charge is 2.27. The summed E-state index contributed by atoms with van der Waals surface area (Å²) in [6, 6.07) is 7.46. The summed E-state index contributed by atoms with van der Waals surface area (Å²) in [4.78, 5) is 18.4. The SMILES string of the molecule is Cc1nc([C@H]2CCCN(C(=O)COCc3ccccc3Cl)C2)no1. The lowest BCUT2D eigenvalue weighted by molar-refractivity contribution is -0.137. The minimum Gasteiger partial charge on any atom is -0.367 e. The van der Waals surface area contributed by atoms with Crippen molar-refractivity contribution < 1.29 is 14.1 Å². The molecule has 24 heavy (non-hydrogen) atoms. The molecule has 1 aliphatic heterocycles. The molecule has 6 nitrogen and oxygen atoms in total. The molecule has 0 N–H and O–H groups in total. The number of carbonyl (C=O) groups excluding carboxylic acids is 1. The van der Waals surface area contributed by atoms with Crippen molar-refractivity contribution in [2.75, 3.05) is 19.7 Å². The molecule has 1 aliphatic rings. The van der Waals surface area contributed by atoms with Crippen LogP contribution in [0.15, 0.2) is 28.8 Å². The molecule has 0 aliphatic carbocycles. The highest BCUT2D eigenvalue weighted by atomic mass is 35.5. The number of amides is 1. The van der Waals surface area contributed by atoms with Gasteiger partial charge in [-0.25, -0.2) is 0 Å². The summed E-state index contributed by atoms with van der Waals surface area (Å²) in [6.45, 7) is 3.48. The molecule has 1 atom stereocenters. The Balaban J connectivity index is 1.50. The van der Waals surface area contributed by atoms with Crippen LogP contribution >= 0.6 is 11.6 Å². The van der Waals surface area contributed by atoms with Crippen LogP contribution in [0.4, 0.5) is 0 Å². The van der Waals surface area contributed by atoms with Crippen LogP contribution in [0.25, 0.3) is 0 Å². The fourth-order valence-electron chi connectivity index (χ4n) is 2.85. The second kappa shape index (κ2) is 7.77. The Morgan fingerprint density at radius 1 is 1.46 bits per heavy atom. The summed E-state index contributed by atoms with van der Waals surface area (Å²) in [5, 5.41) is 4.62. The standard InChI is InChI=1S/C17H20ClN3O3/c1-12-19-17(20-24-12)13-6-4-8-21(9-13)16(22)11-23-10-14-5-2-3-7-15(14)18/h2-3,5,7,13H,4,6,8-11H2,1H3/t13-/m0/s1. The van der Waals surface area contributed by atoms with E-state index in [2.05, 4.69) is 10.1 Å². The zero-order valence-corrected chi connectivity index (χ0v) is 14.3. The zero-order chi connectivity index (χ0) is 16.9. The number of aryl methyl sites for hydroxylation is 1. The van der Waals surface area contributed by atoms with E-state index in [9.17, 15) is 4.79 Å². The van der Waals surface area contributed by atoms with E-state index in [-0.39, 0.29) is 18.4 Å². The predicted octanol–water partition coefficient (Wildman–Crippen LogP) is 2.95. The monoisotopic (exact) mass is 349 g/mol. The largest absolute Gasteiger partial charge is 0.367 e. The number of hydrogen-bond donors (Lipinski definition) is 0. The van der Waals surface area contributed by atoms with Gasteiger partial charge < -0.3 is 14.2 Å². The summed E-state index contributed by atoms with van der Waals surface area (Å²) in [6.07, 6.45) is 1.89. The Morgan fingerprint density at radius 3 is 3.04 bits per heavy atom. The van der Waals surface area contributed by atoms with Crippen LogP contribution in [0, 0.1) is 6.92 Å².